The van der Waals surface area contributed by atoms with Crippen molar-refractivity contribution < 1.29 is 14.0 Å². The number of aromatic nitrogens is 2. The van der Waals surface area contributed by atoms with E-state index in [9.17, 15) is 14.0 Å². The van der Waals surface area contributed by atoms with Gasteiger partial charge in [-0.1, -0.05) is 36.4 Å². The minimum atomic E-state index is -0.461. The fraction of sp³-hybridized carbons (Fsp3) is 0.182. The third-order valence-electron chi connectivity index (χ3n) is 5.11. The van der Waals surface area contributed by atoms with E-state index in [1.165, 1.54) is 24.5 Å². The second kappa shape index (κ2) is 10.2. The second-order valence-corrected chi connectivity index (χ2v) is 7.43. The lowest BCUT2D eigenvalue weighted by Crippen LogP contribution is -2.33. The molecule has 170 valence electrons. The molecule has 0 unspecified atom stereocenters. The number of benzene rings is 2. The molecular weight excluding hydrogens is 427 g/mol. The first-order valence-electron chi connectivity index (χ1n) is 10.3. The molecule has 4 rings (SSSR count). The zero-order chi connectivity index (χ0) is 23.2. The topological polar surface area (TPSA) is 132 Å². The van der Waals surface area contributed by atoms with Crippen LogP contribution in [0.2, 0.25) is 0 Å². The summed E-state index contributed by atoms with van der Waals surface area (Å²) >= 11 is 0. The summed E-state index contributed by atoms with van der Waals surface area (Å²) in [6.45, 7) is 2.06. The Morgan fingerprint density at radius 2 is 1.61 bits per heavy atom. The average Bonchev–Trinajstić information content (AvgIpc) is 3.39. The summed E-state index contributed by atoms with van der Waals surface area (Å²) in [7, 11) is 0. The molecule has 0 radical (unpaired) electrons. The monoisotopic (exact) mass is 450 g/mol. The van der Waals surface area contributed by atoms with Gasteiger partial charge in [-0.25, -0.2) is 25.2 Å². The van der Waals surface area contributed by atoms with Crippen molar-refractivity contribution in [3.63, 3.8) is 0 Å². The lowest BCUT2D eigenvalue weighted by molar-refractivity contribution is 0.0934. The van der Waals surface area contributed by atoms with Crippen LogP contribution in [0.25, 0.3) is 0 Å². The van der Waals surface area contributed by atoms with Gasteiger partial charge in [-0.15, -0.1) is 0 Å². The molecule has 1 aliphatic heterocycles. The van der Waals surface area contributed by atoms with Gasteiger partial charge in [-0.3, -0.25) is 9.59 Å². The van der Waals surface area contributed by atoms with Crippen molar-refractivity contribution in [2.45, 2.75) is 25.7 Å². The van der Waals surface area contributed by atoms with Gasteiger partial charge in [-0.2, -0.15) is 11.1 Å². The van der Waals surface area contributed by atoms with Crippen LogP contribution in [0.3, 0.4) is 0 Å². The number of carbonyl (C=O) groups is 2. The summed E-state index contributed by atoms with van der Waals surface area (Å²) in [4.78, 5) is 33.0. The smallest absolute Gasteiger partial charge is 0.270 e. The molecule has 3 aromatic rings. The number of nitrogens with one attached hydrogen (secondary N) is 6. The average molecular weight is 450 g/mol. The van der Waals surface area contributed by atoms with Crippen LogP contribution >= 0.6 is 0 Å². The Hall–Kier alpha value is -3.77. The van der Waals surface area contributed by atoms with E-state index in [1.807, 2.05) is 31.2 Å². The van der Waals surface area contributed by atoms with Crippen molar-refractivity contribution in [3.8, 4) is 0 Å². The minimum absolute atomic E-state index is 0.0630. The summed E-state index contributed by atoms with van der Waals surface area (Å²) in [6, 6.07) is 14.6. The van der Waals surface area contributed by atoms with Gasteiger partial charge in [0.25, 0.3) is 11.8 Å². The Labute approximate surface area is 189 Å². The predicted octanol–water partition coefficient (Wildman–Crippen LogP) is 1.15. The number of hydrogen-bond acceptors (Lipinski definition) is 8. The molecule has 1 saturated heterocycles. The SMILES string of the molecule is C[C@H](NC(=O)c1cc(C(=O)NCc2ccc(F)cc2)ncn1)c1ccc(C2NNNN2)cc1. The van der Waals surface area contributed by atoms with Crippen LogP contribution in [0.4, 0.5) is 4.39 Å². The first-order valence-corrected chi connectivity index (χ1v) is 10.3. The third-order valence-corrected chi connectivity index (χ3v) is 5.11. The van der Waals surface area contributed by atoms with Crippen LogP contribution in [-0.2, 0) is 6.54 Å². The van der Waals surface area contributed by atoms with Crippen LogP contribution in [0.1, 0.15) is 56.8 Å². The maximum absolute atomic E-state index is 13.0. The standard InChI is InChI=1S/C22H23FN8O2/c1-13(15-4-6-16(7-5-15)20-28-30-31-29-20)27-22(33)19-10-18(25-12-26-19)21(32)24-11-14-2-8-17(23)9-3-14/h2-10,12-13,20,28-31H,11H2,1H3,(H,24,32)(H,27,33)/t13-/m0/s1. The Morgan fingerprint density at radius 1 is 0.970 bits per heavy atom. The number of carbonyl (C=O) groups excluding carboxylic acids is 2. The molecule has 6 N–H and O–H groups in total. The van der Waals surface area contributed by atoms with Crippen LogP contribution < -0.4 is 32.6 Å². The zero-order valence-electron chi connectivity index (χ0n) is 17.7. The molecule has 11 heteroatoms. The van der Waals surface area contributed by atoms with E-state index >= 15 is 0 Å². The second-order valence-electron chi connectivity index (χ2n) is 7.43. The minimum Gasteiger partial charge on any atom is -0.347 e. The fourth-order valence-electron chi connectivity index (χ4n) is 3.23. The Kier molecular flexibility index (Phi) is 6.95. The molecule has 1 fully saturated rings. The van der Waals surface area contributed by atoms with E-state index < -0.39 is 11.8 Å². The predicted molar refractivity (Wildman–Crippen MR) is 117 cm³/mol. The lowest BCUT2D eigenvalue weighted by atomic mass is 10.0. The summed E-state index contributed by atoms with van der Waals surface area (Å²) in [5.41, 5.74) is 14.3. The Morgan fingerprint density at radius 3 is 2.27 bits per heavy atom. The van der Waals surface area contributed by atoms with E-state index in [2.05, 4.69) is 42.5 Å². The summed E-state index contributed by atoms with van der Waals surface area (Å²) < 4.78 is 13.0. The van der Waals surface area contributed by atoms with Crippen LogP contribution in [0.5, 0.6) is 0 Å². The van der Waals surface area contributed by atoms with Gasteiger partial charge < -0.3 is 10.6 Å². The highest BCUT2D eigenvalue weighted by Gasteiger charge is 2.18. The molecule has 2 aromatic carbocycles. The number of nitrogens with zero attached hydrogens (tertiary/aromatic N) is 2. The van der Waals surface area contributed by atoms with Crippen molar-refractivity contribution in [1.82, 2.24) is 42.5 Å². The number of halogens is 1. The van der Waals surface area contributed by atoms with E-state index in [0.29, 0.717) is 0 Å². The summed E-state index contributed by atoms with van der Waals surface area (Å²) in [6.07, 6.45) is 1.10. The van der Waals surface area contributed by atoms with Crippen molar-refractivity contribution in [3.05, 3.63) is 94.8 Å². The fourth-order valence-corrected chi connectivity index (χ4v) is 3.23. The number of amides is 2. The van der Waals surface area contributed by atoms with Crippen LogP contribution in [0, 0.1) is 5.82 Å². The molecule has 33 heavy (non-hydrogen) atoms. The highest BCUT2D eigenvalue weighted by molar-refractivity contribution is 5.97. The Balaban J connectivity index is 1.35. The number of rotatable bonds is 7. The molecular formula is C22H23FN8O2. The van der Waals surface area contributed by atoms with E-state index in [0.717, 1.165) is 16.7 Å². The maximum Gasteiger partial charge on any atom is 0.270 e. The largest absolute Gasteiger partial charge is 0.347 e. The van der Waals surface area contributed by atoms with Gasteiger partial charge in [0.2, 0.25) is 0 Å². The van der Waals surface area contributed by atoms with E-state index in [1.54, 1.807) is 12.1 Å². The van der Waals surface area contributed by atoms with Gasteiger partial charge in [0.05, 0.1) is 6.04 Å². The molecule has 2 amide bonds. The molecule has 0 bridgehead atoms. The molecule has 0 spiro atoms. The van der Waals surface area contributed by atoms with Gasteiger partial charge >= 0.3 is 0 Å². The molecule has 1 atom stereocenters. The summed E-state index contributed by atoms with van der Waals surface area (Å²) in [5.74, 6) is -1.23. The molecule has 1 aromatic heterocycles. The first-order chi connectivity index (χ1) is 16.0. The maximum atomic E-state index is 13.0. The van der Waals surface area contributed by atoms with E-state index in [-0.39, 0.29) is 36.0 Å². The van der Waals surface area contributed by atoms with Crippen molar-refractivity contribution in [2.75, 3.05) is 0 Å². The van der Waals surface area contributed by atoms with Crippen LogP contribution in [0.15, 0.2) is 60.9 Å². The highest BCUT2D eigenvalue weighted by Crippen LogP contribution is 2.17. The van der Waals surface area contributed by atoms with Gasteiger partial charge in [0, 0.05) is 12.6 Å². The van der Waals surface area contributed by atoms with Crippen molar-refractivity contribution >= 4 is 11.8 Å². The molecule has 0 aliphatic carbocycles. The van der Waals surface area contributed by atoms with Gasteiger partial charge in [-0.05, 0) is 35.7 Å². The molecule has 0 saturated carbocycles. The molecule has 10 nitrogen and oxygen atoms in total. The van der Waals surface area contributed by atoms with Gasteiger partial charge in [0.1, 0.15) is 29.7 Å². The van der Waals surface area contributed by atoms with Crippen LogP contribution in [-0.4, -0.2) is 21.8 Å². The molecule has 2 heterocycles. The first kappa shape index (κ1) is 22.4. The number of hydrogen-bond donors (Lipinski definition) is 6. The van der Waals surface area contributed by atoms with E-state index in [4.69, 9.17) is 0 Å². The zero-order valence-corrected chi connectivity index (χ0v) is 17.7. The lowest BCUT2D eigenvalue weighted by Gasteiger charge is -2.16. The number of hydrazine groups is 3. The molecule has 1 aliphatic rings. The summed E-state index contributed by atoms with van der Waals surface area (Å²) in [5, 5.41) is 5.57. The quantitative estimate of drug-likeness (QED) is 0.316. The van der Waals surface area contributed by atoms with Crippen molar-refractivity contribution in [1.29, 1.82) is 0 Å². The third kappa shape index (κ3) is 5.73. The normalized spacial score (nSPS) is 14.6. The highest BCUT2D eigenvalue weighted by atomic mass is 19.1. The van der Waals surface area contributed by atoms with Gasteiger partial charge in [0.15, 0.2) is 0 Å². The Bertz CT molecular complexity index is 1120. The van der Waals surface area contributed by atoms with Crippen molar-refractivity contribution in [2.24, 2.45) is 0 Å².